The van der Waals surface area contributed by atoms with Crippen LogP contribution in [0, 0.1) is 5.92 Å². The van der Waals surface area contributed by atoms with Crippen LogP contribution in [0.4, 0.5) is 5.69 Å². The number of nitrogens with zero attached hydrogens (tertiary/aromatic N) is 5. The van der Waals surface area contributed by atoms with Crippen molar-refractivity contribution in [3.8, 4) is 33.9 Å². The average molecular weight is 700 g/mol. The third kappa shape index (κ3) is 7.22. The largest absolute Gasteiger partial charge is 0.260 e. The molecule has 0 saturated carbocycles. The molecule has 4 aromatic carbocycles. The first-order valence-electron chi connectivity index (χ1n) is 18.5. The second-order valence-corrected chi connectivity index (χ2v) is 14.0. The molecule has 6 aromatic rings. The molecular weight excluding hydrogens is 659 g/mol. The first kappa shape index (κ1) is 34.5. The van der Waals surface area contributed by atoms with Gasteiger partial charge >= 0.3 is 0 Å². The number of allylic oxidation sites excluding steroid dienone is 11. The third-order valence-electron chi connectivity index (χ3n) is 9.94. The molecule has 1 unspecified atom stereocenters. The second kappa shape index (κ2) is 15.2. The van der Waals surface area contributed by atoms with E-state index in [9.17, 15) is 0 Å². The SMILES string of the molecule is C=C(C)/C(=C\C=C(/C)c1cccc2c1N=CC(C)C2)c1nc(-c2ccc(C3=CCC=CC=C3)cc2)nc(-c2ccc(-c3cccc4cccnc34)cc2)n1. The standard InChI is InChI=1S/C49H41N5/c1-32(2)42(28-19-34(4)43-17-10-15-41-30-33(3)31-51-46(41)43)49-53-47(39-24-20-36(21-25-39)35-12-7-5-6-8-13-35)52-48(54-49)40-26-22-37(23-27-40)44-18-9-14-38-16-11-29-50-45(38)44/h5-7,9-29,31,33H,1,8,30H2,2-4H3/b34-19+,42-28+. The van der Waals surface area contributed by atoms with Crippen LogP contribution in [0.3, 0.4) is 0 Å². The Morgan fingerprint density at radius 2 is 1.44 bits per heavy atom. The van der Waals surface area contributed by atoms with Gasteiger partial charge in [-0.05, 0) is 72.1 Å². The van der Waals surface area contributed by atoms with Crippen LogP contribution in [-0.2, 0) is 6.42 Å². The normalized spacial score (nSPS) is 15.5. The average Bonchev–Trinajstić information content (AvgIpc) is 3.50. The summed E-state index contributed by atoms with van der Waals surface area (Å²) in [6.45, 7) is 10.7. The first-order chi connectivity index (χ1) is 26.4. The fourth-order valence-electron chi connectivity index (χ4n) is 7.03. The van der Waals surface area contributed by atoms with E-state index >= 15 is 0 Å². The predicted octanol–water partition coefficient (Wildman–Crippen LogP) is 12.3. The Morgan fingerprint density at radius 1 is 0.741 bits per heavy atom. The Hall–Kier alpha value is -6.59. The van der Waals surface area contributed by atoms with E-state index in [0.29, 0.717) is 23.4 Å². The third-order valence-corrected chi connectivity index (χ3v) is 9.94. The van der Waals surface area contributed by atoms with Crippen LogP contribution in [0.5, 0.6) is 0 Å². The fourth-order valence-corrected chi connectivity index (χ4v) is 7.03. The molecule has 0 amide bonds. The summed E-state index contributed by atoms with van der Waals surface area (Å²) in [7, 11) is 0. The van der Waals surface area contributed by atoms with Crippen LogP contribution in [0.15, 0.2) is 163 Å². The maximum atomic E-state index is 5.09. The van der Waals surface area contributed by atoms with Crippen LogP contribution in [-0.4, -0.2) is 26.2 Å². The van der Waals surface area contributed by atoms with Crippen molar-refractivity contribution in [1.82, 2.24) is 19.9 Å². The van der Waals surface area contributed by atoms with Crippen LogP contribution >= 0.6 is 0 Å². The number of benzene rings is 4. The van der Waals surface area contributed by atoms with Gasteiger partial charge in [0, 0.05) is 45.6 Å². The summed E-state index contributed by atoms with van der Waals surface area (Å²) in [6.07, 6.45) is 20.7. The minimum Gasteiger partial charge on any atom is -0.260 e. The highest BCUT2D eigenvalue weighted by molar-refractivity contribution is 5.94. The molecule has 0 bridgehead atoms. The van der Waals surface area contributed by atoms with Crippen molar-refractivity contribution in [3.05, 3.63) is 180 Å². The molecular formula is C49H41N5. The summed E-state index contributed by atoms with van der Waals surface area (Å²) in [5, 5.41) is 1.11. The van der Waals surface area contributed by atoms with Gasteiger partial charge in [0.25, 0.3) is 0 Å². The van der Waals surface area contributed by atoms with E-state index in [1.165, 1.54) is 11.1 Å². The number of aromatic nitrogens is 4. The smallest absolute Gasteiger partial charge is 0.164 e. The lowest BCUT2D eigenvalue weighted by Gasteiger charge is -2.18. The quantitative estimate of drug-likeness (QED) is 0.148. The lowest BCUT2D eigenvalue weighted by atomic mass is 9.93. The molecule has 0 radical (unpaired) electrons. The van der Waals surface area contributed by atoms with E-state index in [1.807, 2.05) is 19.2 Å². The van der Waals surface area contributed by atoms with E-state index in [0.717, 1.165) is 79.5 Å². The van der Waals surface area contributed by atoms with Crippen molar-refractivity contribution in [2.45, 2.75) is 33.6 Å². The number of pyridine rings is 1. The zero-order valence-corrected chi connectivity index (χ0v) is 30.9. The number of hydrogen-bond donors (Lipinski definition) is 0. The summed E-state index contributed by atoms with van der Waals surface area (Å²) < 4.78 is 0. The van der Waals surface area contributed by atoms with Gasteiger partial charge < -0.3 is 0 Å². The molecule has 262 valence electrons. The number of hydrogen-bond acceptors (Lipinski definition) is 5. The Morgan fingerprint density at radius 3 is 2.20 bits per heavy atom. The van der Waals surface area contributed by atoms with E-state index in [-0.39, 0.29) is 0 Å². The molecule has 0 fully saturated rings. The number of fused-ring (bicyclic) bond motifs is 2. The topological polar surface area (TPSA) is 63.9 Å². The van der Waals surface area contributed by atoms with E-state index in [4.69, 9.17) is 19.9 Å². The maximum Gasteiger partial charge on any atom is 0.164 e. The molecule has 0 N–H and O–H groups in total. The van der Waals surface area contributed by atoms with E-state index in [2.05, 4.69) is 165 Å². The zero-order chi connectivity index (χ0) is 37.0. The molecule has 54 heavy (non-hydrogen) atoms. The molecule has 1 atom stereocenters. The molecule has 0 spiro atoms. The van der Waals surface area contributed by atoms with Gasteiger partial charge in [-0.2, -0.15) is 0 Å². The Labute approximate surface area is 317 Å². The lowest BCUT2D eigenvalue weighted by Crippen LogP contribution is -2.06. The van der Waals surface area contributed by atoms with Crippen molar-refractivity contribution < 1.29 is 0 Å². The van der Waals surface area contributed by atoms with Crippen molar-refractivity contribution in [3.63, 3.8) is 0 Å². The van der Waals surface area contributed by atoms with Crippen molar-refractivity contribution in [1.29, 1.82) is 0 Å². The van der Waals surface area contributed by atoms with E-state index < -0.39 is 0 Å². The number of aliphatic imine (C=N–C) groups is 1. The monoisotopic (exact) mass is 699 g/mol. The van der Waals surface area contributed by atoms with Crippen LogP contribution < -0.4 is 0 Å². The highest BCUT2D eigenvalue weighted by Crippen LogP contribution is 2.35. The van der Waals surface area contributed by atoms with Gasteiger partial charge in [0.2, 0.25) is 0 Å². The first-order valence-corrected chi connectivity index (χ1v) is 18.5. The van der Waals surface area contributed by atoms with Crippen molar-refractivity contribution in [2.75, 3.05) is 0 Å². The molecule has 0 saturated heterocycles. The number of rotatable bonds is 8. The van der Waals surface area contributed by atoms with Gasteiger partial charge in [-0.15, -0.1) is 0 Å². The van der Waals surface area contributed by atoms with Gasteiger partial charge in [-0.25, -0.2) is 15.0 Å². The minimum atomic E-state index is 0.435. The second-order valence-electron chi connectivity index (χ2n) is 14.0. The molecule has 1 aliphatic carbocycles. The molecule has 2 aromatic heterocycles. The number of para-hydroxylation sites is 2. The Balaban J connectivity index is 1.21. The molecule has 3 heterocycles. The molecule has 8 rings (SSSR count). The molecule has 1 aliphatic heterocycles. The highest BCUT2D eigenvalue weighted by Gasteiger charge is 2.17. The van der Waals surface area contributed by atoms with Crippen LogP contribution in [0.25, 0.3) is 61.5 Å². The van der Waals surface area contributed by atoms with Crippen molar-refractivity contribution in [2.24, 2.45) is 10.9 Å². The summed E-state index contributed by atoms with van der Waals surface area (Å²) in [5.74, 6) is 2.20. The maximum absolute atomic E-state index is 5.09. The zero-order valence-electron chi connectivity index (χ0n) is 30.9. The summed E-state index contributed by atoms with van der Waals surface area (Å²) >= 11 is 0. The van der Waals surface area contributed by atoms with Crippen LogP contribution in [0.1, 0.15) is 49.7 Å². The fraction of sp³-hybridized carbons (Fsp3) is 0.122. The lowest BCUT2D eigenvalue weighted by molar-refractivity contribution is 0.771. The Kier molecular flexibility index (Phi) is 9.69. The van der Waals surface area contributed by atoms with Gasteiger partial charge in [-0.3, -0.25) is 9.98 Å². The van der Waals surface area contributed by atoms with Gasteiger partial charge in [0.05, 0.1) is 11.2 Å². The molecule has 5 nitrogen and oxygen atoms in total. The summed E-state index contributed by atoms with van der Waals surface area (Å²) in [4.78, 5) is 24.7. The summed E-state index contributed by atoms with van der Waals surface area (Å²) in [6, 6.07) is 33.6. The molecule has 2 aliphatic rings. The summed E-state index contributed by atoms with van der Waals surface area (Å²) in [5.41, 5.74) is 13.6. The van der Waals surface area contributed by atoms with Gasteiger partial charge in [0.1, 0.15) is 0 Å². The Bertz CT molecular complexity index is 2580. The van der Waals surface area contributed by atoms with E-state index in [1.54, 1.807) is 0 Å². The van der Waals surface area contributed by atoms with Gasteiger partial charge in [0.15, 0.2) is 17.5 Å². The molecule has 5 heteroatoms. The predicted molar refractivity (Wildman–Crippen MR) is 226 cm³/mol. The highest BCUT2D eigenvalue weighted by atomic mass is 15.0. The van der Waals surface area contributed by atoms with Gasteiger partial charge in [-0.1, -0.05) is 147 Å². The van der Waals surface area contributed by atoms with Crippen LogP contribution in [0.2, 0.25) is 0 Å². The van der Waals surface area contributed by atoms with Crippen molar-refractivity contribution >= 4 is 39.5 Å². The minimum absolute atomic E-state index is 0.435.